The second-order valence-corrected chi connectivity index (χ2v) is 4.17. The van der Waals surface area contributed by atoms with E-state index in [0.717, 1.165) is 24.2 Å². The molecule has 1 heterocycles. The summed E-state index contributed by atoms with van der Waals surface area (Å²) in [5, 5.41) is 4.22. The summed E-state index contributed by atoms with van der Waals surface area (Å²) in [5.74, 6) is 0.669. The first-order valence-corrected chi connectivity index (χ1v) is 5.99. The van der Waals surface area contributed by atoms with Crippen LogP contribution in [0.15, 0.2) is 18.2 Å². The molecule has 17 heavy (non-hydrogen) atoms. The van der Waals surface area contributed by atoms with E-state index in [0.29, 0.717) is 11.1 Å². The first-order valence-electron chi connectivity index (χ1n) is 5.99. The third-order valence-corrected chi connectivity index (χ3v) is 2.90. The molecule has 0 radical (unpaired) electrons. The highest BCUT2D eigenvalue weighted by Crippen LogP contribution is 2.23. The molecule has 2 aromatic rings. The molecule has 1 aromatic carbocycles. The molecule has 0 atom stereocenters. The van der Waals surface area contributed by atoms with Gasteiger partial charge in [0.05, 0.1) is 5.52 Å². The lowest BCUT2D eigenvalue weighted by Crippen LogP contribution is -2.03. The number of benzene rings is 1. The number of nitrogens with zero attached hydrogens (tertiary/aromatic N) is 1. The summed E-state index contributed by atoms with van der Waals surface area (Å²) < 4.78 is 13.5. The number of rotatable bonds is 3. The van der Waals surface area contributed by atoms with E-state index >= 15 is 0 Å². The van der Waals surface area contributed by atoms with E-state index in [2.05, 4.69) is 23.3 Å². The molecule has 0 spiro atoms. The number of halogens is 1. The zero-order valence-electron chi connectivity index (χ0n) is 10.5. The number of aryl methyl sites for hydroxylation is 2. The number of anilines is 1. The Labute approximate surface area is 101 Å². The van der Waals surface area contributed by atoms with Crippen LogP contribution in [0.3, 0.4) is 0 Å². The standard InChI is InChI=1S/C14H17FN2/c1-4-10-7-11-6-9(3)12(15)8-13(11)17-14(10)16-5-2/h6-8H,4-5H2,1-3H3,(H,16,17). The summed E-state index contributed by atoms with van der Waals surface area (Å²) in [6, 6.07) is 5.45. The van der Waals surface area contributed by atoms with Crippen LogP contribution in [-0.4, -0.2) is 11.5 Å². The van der Waals surface area contributed by atoms with Gasteiger partial charge in [-0.05, 0) is 43.5 Å². The predicted molar refractivity (Wildman–Crippen MR) is 70.0 cm³/mol. The van der Waals surface area contributed by atoms with Gasteiger partial charge in [-0.15, -0.1) is 0 Å². The van der Waals surface area contributed by atoms with Crippen molar-refractivity contribution in [1.29, 1.82) is 0 Å². The normalized spacial score (nSPS) is 10.8. The quantitative estimate of drug-likeness (QED) is 0.873. The summed E-state index contributed by atoms with van der Waals surface area (Å²) in [7, 11) is 0. The predicted octanol–water partition coefficient (Wildman–Crippen LogP) is 3.68. The van der Waals surface area contributed by atoms with E-state index < -0.39 is 0 Å². The van der Waals surface area contributed by atoms with Gasteiger partial charge >= 0.3 is 0 Å². The van der Waals surface area contributed by atoms with Crippen LogP contribution in [0.5, 0.6) is 0 Å². The molecule has 2 rings (SSSR count). The highest BCUT2D eigenvalue weighted by molar-refractivity contribution is 5.82. The van der Waals surface area contributed by atoms with Crippen molar-refractivity contribution < 1.29 is 4.39 Å². The van der Waals surface area contributed by atoms with Gasteiger partial charge in [0, 0.05) is 18.0 Å². The highest BCUT2D eigenvalue weighted by Gasteiger charge is 2.07. The fourth-order valence-electron chi connectivity index (χ4n) is 1.94. The SMILES string of the molecule is CCNc1nc2cc(F)c(C)cc2cc1CC. The molecule has 0 aliphatic carbocycles. The number of pyridine rings is 1. The van der Waals surface area contributed by atoms with Gasteiger partial charge in [0.1, 0.15) is 11.6 Å². The molecule has 90 valence electrons. The third kappa shape index (κ3) is 2.23. The molecule has 0 unspecified atom stereocenters. The number of nitrogens with one attached hydrogen (secondary N) is 1. The Bertz CT molecular complexity index is 549. The molecule has 0 amide bonds. The molecule has 0 saturated carbocycles. The van der Waals surface area contributed by atoms with Crippen molar-refractivity contribution in [2.24, 2.45) is 0 Å². The second-order valence-electron chi connectivity index (χ2n) is 4.17. The Hall–Kier alpha value is -1.64. The van der Waals surface area contributed by atoms with Gasteiger partial charge in [-0.2, -0.15) is 0 Å². The monoisotopic (exact) mass is 232 g/mol. The van der Waals surface area contributed by atoms with Crippen LogP contribution in [0.1, 0.15) is 25.0 Å². The number of hydrogen-bond acceptors (Lipinski definition) is 2. The number of aromatic nitrogens is 1. The molecule has 0 bridgehead atoms. The summed E-state index contributed by atoms with van der Waals surface area (Å²) in [4.78, 5) is 4.49. The fourth-order valence-corrected chi connectivity index (χ4v) is 1.94. The van der Waals surface area contributed by atoms with Crippen LogP contribution in [0, 0.1) is 12.7 Å². The van der Waals surface area contributed by atoms with Crippen molar-refractivity contribution in [2.75, 3.05) is 11.9 Å². The van der Waals surface area contributed by atoms with Gasteiger partial charge in [0.2, 0.25) is 0 Å². The smallest absolute Gasteiger partial charge is 0.129 e. The molecule has 0 aliphatic heterocycles. The third-order valence-electron chi connectivity index (χ3n) is 2.90. The zero-order chi connectivity index (χ0) is 12.4. The Morgan fingerprint density at radius 1 is 1.24 bits per heavy atom. The van der Waals surface area contributed by atoms with Crippen molar-refractivity contribution in [3.05, 3.63) is 35.1 Å². The molecular formula is C14H17FN2. The van der Waals surface area contributed by atoms with Gasteiger partial charge in [-0.3, -0.25) is 0 Å². The molecule has 0 fully saturated rings. The number of hydrogen-bond donors (Lipinski definition) is 1. The minimum atomic E-state index is -0.198. The first-order chi connectivity index (χ1) is 8.15. The van der Waals surface area contributed by atoms with Crippen molar-refractivity contribution >= 4 is 16.7 Å². The Kier molecular flexibility index (Phi) is 3.27. The van der Waals surface area contributed by atoms with Gasteiger partial charge < -0.3 is 5.32 Å². The summed E-state index contributed by atoms with van der Waals surface area (Å²) in [6.07, 6.45) is 0.918. The van der Waals surface area contributed by atoms with E-state index in [1.807, 2.05) is 13.0 Å². The van der Waals surface area contributed by atoms with E-state index in [-0.39, 0.29) is 5.82 Å². The van der Waals surface area contributed by atoms with Gasteiger partial charge in [-0.25, -0.2) is 9.37 Å². The molecule has 1 N–H and O–H groups in total. The Morgan fingerprint density at radius 3 is 2.65 bits per heavy atom. The topological polar surface area (TPSA) is 24.9 Å². The van der Waals surface area contributed by atoms with Gasteiger partial charge in [0.25, 0.3) is 0 Å². The molecule has 1 aromatic heterocycles. The summed E-state index contributed by atoms with van der Waals surface area (Å²) >= 11 is 0. The van der Waals surface area contributed by atoms with Crippen LogP contribution >= 0.6 is 0 Å². The van der Waals surface area contributed by atoms with Crippen molar-refractivity contribution in [1.82, 2.24) is 4.98 Å². The average Bonchev–Trinajstić information content (AvgIpc) is 2.31. The van der Waals surface area contributed by atoms with E-state index in [9.17, 15) is 4.39 Å². The first kappa shape index (κ1) is 11.8. The van der Waals surface area contributed by atoms with E-state index in [4.69, 9.17) is 0 Å². The minimum absolute atomic E-state index is 0.198. The van der Waals surface area contributed by atoms with Gasteiger partial charge in [0.15, 0.2) is 0 Å². The molecular weight excluding hydrogens is 215 g/mol. The average molecular weight is 232 g/mol. The summed E-state index contributed by atoms with van der Waals surface area (Å²) in [6.45, 7) is 6.72. The lowest BCUT2D eigenvalue weighted by Gasteiger charge is -2.10. The lowest BCUT2D eigenvalue weighted by molar-refractivity contribution is 0.620. The Morgan fingerprint density at radius 2 is 2.00 bits per heavy atom. The van der Waals surface area contributed by atoms with Crippen molar-refractivity contribution in [3.63, 3.8) is 0 Å². The van der Waals surface area contributed by atoms with E-state index in [1.165, 1.54) is 11.6 Å². The maximum atomic E-state index is 13.5. The fraction of sp³-hybridized carbons (Fsp3) is 0.357. The van der Waals surface area contributed by atoms with E-state index in [1.54, 1.807) is 6.92 Å². The molecule has 0 aliphatic rings. The lowest BCUT2D eigenvalue weighted by atomic mass is 10.1. The van der Waals surface area contributed by atoms with Crippen LogP contribution in [0.25, 0.3) is 10.9 Å². The van der Waals surface area contributed by atoms with Crippen LogP contribution < -0.4 is 5.32 Å². The van der Waals surface area contributed by atoms with Crippen LogP contribution in [0.2, 0.25) is 0 Å². The second kappa shape index (κ2) is 4.70. The maximum absolute atomic E-state index is 13.5. The highest BCUT2D eigenvalue weighted by atomic mass is 19.1. The molecule has 3 heteroatoms. The van der Waals surface area contributed by atoms with Crippen LogP contribution in [-0.2, 0) is 6.42 Å². The largest absolute Gasteiger partial charge is 0.370 e. The molecule has 2 nitrogen and oxygen atoms in total. The number of fused-ring (bicyclic) bond motifs is 1. The van der Waals surface area contributed by atoms with Crippen molar-refractivity contribution in [2.45, 2.75) is 27.2 Å². The Balaban J connectivity index is 2.65. The molecule has 0 saturated heterocycles. The summed E-state index contributed by atoms with van der Waals surface area (Å²) in [5.41, 5.74) is 2.55. The maximum Gasteiger partial charge on any atom is 0.129 e. The zero-order valence-corrected chi connectivity index (χ0v) is 10.5. The van der Waals surface area contributed by atoms with Gasteiger partial charge in [-0.1, -0.05) is 6.92 Å². The van der Waals surface area contributed by atoms with Crippen LogP contribution in [0.4, 0.5) is 10.2 Å². The minimum Gasteiger partial charge on any atom is -0.370 e. The van der Waals surface area contributed by atoms with Crippen molar-refractivity contribution in [3.8, 4) is 0 Å².